The average molecular weight is 386 g/mol. The van der Waals surface area contributed by atoms with E-state index in [1.807, 2.05) is 0 Å². The number of hydrogen-bond acceptors (Lipinski definition) is 5. The van der Waals surface area contributed by atoms with Gasteiger partial charge in [0.05, 0.1) is 35.3 Å². The minimum absolute atomic E-state index is 0.0428. The Balaban J connectivity index is 1.93. The van der Waals surface area contributed by atoms with Crippen molar-refractivity contribution in [1.82, 2.24) is 14.8 Å². The van der Waals surface area contributed by atoms with Crippen molar-refractivity contribution >= 4 is 17.6 Å². The second kappa shape index (κ2) is 7.95. The zero-order chi connectivity index (χ0) is 20.3. The third-order valence-corrected chi connectivity index (χ3v) is 3.92. The minimum atomic E-state index is -1.22. The van der Waals surface area contributed by atoms with E-state index in [1.54, 1.807) is 38.2 Å². The van der Waals surface area contributed by atoms with E-state index in [0.29, 0.717) is 17.6 Å². The predicted octanol–water partition coefficient (Wildman–Crippen LogP) is 3.28. The van der Waals surface area contributed by atoms with Gasteiger partial charge in [-0.2, -0.15) is 5.10 Å². The van der Waals surface area contributed by atoms with E-state index in [-0.39, 0.29) is 23.4 Å². The first-order valence-corrected chi connectivity index (χ1v) is 8.36. The zero-order valence-corrected chi connectivity index (χ0v) is 15.1. The Morgan fingerprint density at radius 3 is 2.61 bits per heavy atom. The van der Waals surface area contributed by atoms with Crippen molar-refractivity contribution in [2.45, 2.75) is 13.8 Å². The lowest BCUT2D eigenvalue weighted by molar-refractivity contribution is 0.0527. The van der Waals surface area contributed by atoms with E-state index in [2.05, 4.69) is 15.4 Å². The molecule has 3 aromatic rings. The molecule has 28 heavy (non-hydrogen) atoms. The summed E-state index contributed by atoms with van der Waals surface area (Å²) in [4.78, 5) is 28.8. The Morgan fingerprint density at radius 2 is 1.93 bits per heavy atom. The van der Waals surface area contributed by atoms with Crippen LogP contribution in [0.15, 0.2) is 42.7 Å². The number of carbonyl (C=O) groups is 2. The molecule has 0 saturated heterocycles. The molecule has 0 saturated carbocycles. The molecule has 1 amide bonds. The van der Waals surface area contributed by atoms with E-state index in [0.717, 1.165) is 6.07 Å². The molecular weight excluding hydrogens is 370 g/mol. The molecule has 1 N–H and O–H groups in total. The van der Waals surface area contributed by atoms with Crippen molar-refractivity contribution in [3.63, 3.8) is 0 Å². The fourth-order valence-corrected chi connectivity index (χ4v) is 2.56. The lowest BCUT2D eigenvalue weighted by Crippen LogP contribution is -2.17. The van der Waals surface area contributed by atoms with Gasteiger partial charge in [0.2, 0.25) is 0 Å². The lowest BCUT2D eigenvalue weighted by Gasteiger charge is -2.11. The number of nitrogens with one attached hydrogen (secondary N) is 1. The predicted molar refractivity (Wildman–Crippen MR) is 96.4 cm³/mol. The number of anilines is 1. The van der Waals surface area contributed by atoms with Crippen LogP contribution in [0.3, 0.4) is 0 Å². The molecule has 3 rings (SSSR count). The Kier molecular flexibility index (Phi) is 5.44. The number of carbonyl (C=O) groups excluding carboxylic acids is 2. The largest absolute Gasteiger partial charge is 0.462 e. The van der Waals surface area contributed by atoms with Gasteiger partial charge in [0.1, 0.15) is 0 Å². The molecule has 2 heterocycles. The number of benzene rings is 1. The molecule has 0 fully saturated rings. The van der Waals surface area contributed by atoms with Crippen molar-refractivity contribution in [3.8, 4) is 5.82 Å². The summed E-state index contributed by atoms with van der Waals surface area (Å²) >= 11 is 0. The molecule has 1 aromatic carbocycles. The number of nitrogens with zero attached hydrogens (tertiary/aromatic N) is 3. The van der Waals surface area contributed by atoms with Gasteiger partial charge in [0.15, 0.2) is 17.5 Å². The highest BCUT2D eigenvalue weighted by atomic mass is 19.2. The summed E-state index contributed by atoms with van der Waals surface area (Å²) in [6.45, 7) is 3.28. The molecule has 7 nitrogen and oxygen atoms in total. The van der Waals surface area contributed by atoms with E-state index in [1.165, 1.54) is 10.9 Å². The van der Waals surface area contributed by atoms with Crippen molar-refractivity contribution in [2.24, 2.45) is 0 Å². The van der Waals surface area contributed by atoms with Crippen LogP contribution >= 0.6 is 0 Å². The van der Waals surface area contributed by atoms with Gasteiger partial charge in [-0.3, -0.25) is 4.79 Å². The van der Waals surface area contributed by atoms with Crippen molar-refractivity contribution in [1.29, 1.82) is 0 Å². The molecule has 144 valence electrons. The molecule has 0 atom stereocenters. The second-order valence-electron chi connectivity index (χ2n) is 5.73. The molecule has 0 radical (unpaired) electrons. The van der Waals surface area contributed by atoms with Crippen LogP contribution in [0.4, 0.5) is 14.5 Å². The number of esters is 1. The van der Waals surface area contributed by atoms with Gasteiger partial charge >= 0.3 is 5.97 Å². The van der Waals surface area contributed by atoms with Gasteiger partial charge in [-0.1, -0.05) is 6.07 Å². The highest BCUT2D eigenvalue weighted by Gasteiger charge is 2.21. The van der Waals surface area contributed by atoms with Crippen LogP contribution in [0.1, 0.15) is 33.3 Å². The second-order valence-corrected chi connectivity index (χ2v) is 5.73. The summed E-state index contributed by atoms with van der Waals surface area (Å²) in [5.74, 6) is -3.43. The molecule has 0 unspecified atom stereocenters. The monoisotopic (exact) mass is 386 g/mol. The SMILES string of the molecule is CCOC(=O)c1cc(F)c(F)cc1NC(=O)c1cnn(-c2ccccn2)c1C. The highest BCUT2D eigenvalue weighted by Crippen LogP contribution is 2.23. The number of aromatic nitrogens is 3. The molecule has 2 aromatic heterocycles. The van der Waals surface area contributed by atoms with E-state index in [4.69, 9.17) is 4.74 Å². The molecule has 9 heteroatoms. The van der Waals surface area contributed by atoms with Gasteiger partial charge in [-0.05, 0) is 32.0 Å². The summed E-state index contributed by atoms with van der Waals surface area (Å²) in [5.41, 5.74) is 0.179. The van der Waals surface area contributed by atoms with Crippen LogP contribution in [0.25, 0.3) is 5.82 Å². The fourth-order valence-electron chi connectivity index (χ4n) is 2.56. The number of rotatable bonds is 5. The molecule has 0 bridgehead atoms. The molecule has 0 spiro atoms. The van der Waals surface area contributed by atoms with Crippen LogP contribution in [-0.2, 0) is 4.74 Å². The zero-order valence-electron chi connectivity index (χ0n) is 15.1. The van der Waals surface area contributed by atoms with Crippen molar-refractivity contribution in [2.75, 3.05) is 11.9 Å². The summed E-state index contributed by atoms with van der Waals surface area (Å²) in [5, 5.41) is 6.55. The fraction of sp³-hybridized carbons (Fsp3) is 0.158. The molecular formula is C19H16F2N4O3. The van der Waals surface area contributed by atoms with Crippen LogP contribution < -0.4 is 5.32 Å². The summed E-state index contributed by atoms with van der Waals surface area (Å²) < 4.78 is 33.5. The maximum Gasteiger partial charge on any atom is 0.340 e. The molecule has 0 aliphatic heterocycles. The van der Waals surface area contributed by atoms with E-state index in [9.17, 15) is 18.4 Å². The van der Waals surface area contributed by atoms with E-state index >= 15 is 0 Å². The van der Waals surface area contributed by atoms with E-state index < -0.39 is 23.5 Å². The first-order valence-electron chi connectivity index (χ1n) is 8.36. The average Bonchev–Trinajstić information content (AvgIpc) is 3.07. The maximum atomic E-state index is 13.7. The number of halogens is 2. The minimum Gasteiger partial charge on any atom is -0.462 e. The normalized spacial score (nSPS) is 10.6. The molecule has 0 aliphatic carbocycles. The van der Waals surface area contributed by atoms with Gasteiger partial charge in [-0.15, -0.1) is 0 Å². The number of pyridine rings is 1. The lowest BCUT2D eigenvalue weighted by atomic mass is 10.1. The Bertz CT molecular complexity index is 1040. The summed E-state index contributed by atoms with van der Waals surface area (Å²) in [6.07, 6.45) is 2.91. The first-order chi connectivity index (χ1) is 13.4. The summed E-state index contributed by atoms with van der Waals surface area (Å²) in [6, 6.07) is 6.66. The standard InChI is InChI=1S/C19H16F2N4O3/c1-3-28-19(27)12-8-14(20)15(21)9-16(12)24-18(26)13-10-23-25(11(13)2)17-6-4-5-7-22-17/h4-10H,3H2,1-2H3,(H,24,26). The first kappa shape index (κ1) is 19.2. The van der Waals surface area contributed by atoms with Gasteiger partial charge < -0.3 is 10.1 Å². The Labute approximate surface area is 159 Å². The third kappa shape index (κ3) is 3.73. The number of ether oxygens (including phenoxy) is 1. The van der Waals surface area contributed by atoms with Gasteiger partial charge in [0.25, 0.3) is 5.91 Å². The van der Waals surface area contributed by atoms with Gasteiger partial charge in [-0.25, -0.2) is 23.2 Å². The van der Waals surface area contributed by atoms with Crippen LogP contribution in [-0.4, -0.2) is 33.2 Å². The third-order valence-electron chi connectivity index (χ3n) is 3.92. The highest BCUT2D eigenvalue weighted by molar-refractivity contribution is 6.08. The van der Waals surface area contributed by atoms with Crippen LogP contribution in [0, 0.1) is 18.6 Å². The Morgan fingerprint density at radius 1 is 1.18 bits per heavy atom. The smallest absolute Gasteiger partial charge is 0.340 e. The van der Waals surface area contributed by atoms with Crippen molar-refractivity contribution in [3.05, 3.63) is 71.2 Å². The van der Waals surface area contributed by atoms with Gasteiger partial charge in [0, 0.05) is 12.3 Å². The quantitative estimate of drug-likeness (QED) is 0.680. The maximum absolute atomic E-state index is 13.7. The number of hydrogen-bond donors (Lipinski definition) is 1. The summed E-state index contributed by atoms with van der Waals surface area (Å²) in [7, 11) is 0. The Hall–Kier alpha value is -3.62. The molecule has 0 aliphatic rings. The number of amides is 1. The van der Waals surface area contributed by atoms with Crippen LogP contribution in [0.2, 0.25) is 0 Å². The van der Waals surface area contributed by atoms with Crippen LogP contribution in [0.5, 0.6) is 0 Å². The topological polar surface area (TPSA) is 86.1 Å². The van der Waals surface area contributed by atoms with Crippen molar-refractivity contribution < 1.29 is 23.1 Å².